The lowest BCUT2D eigenvalue weighted by Crippen LogP contribution is -2.32. The van der Waals surface area contributed by atoms with Crippen LogP contribution in [0.25, 0.3) is 10.9 Å². The van der Waals surface area contributed by atoms with Gasteiger partial charge in [0.05, 0.1) is 5.52 Å². The van der Waals surface area contributed by atoms with Gasteiger partial charge in [0.15, 0.2) is 5.82 Å². The molecule has 0 spiro atoms. The molecule has 1 aromatic carbocycles. The predicted molar refractivity (Wildman–Crippen MR) is 88.5 cm³/mol. The van der Waals surface area contributed by atoms with Crippen molar-refractivity contribution in [2.45, 2.75) is 6.92 Å². The Balaban J connectivity index is 1.44. The number of aryl methyl sites for hydroxylation is 1. The van der Waals surface area contributed by atoms with Crippen molar-refractivity contribution in [1.82, 2.24) is 15.5 Å². The summed E-state index contributed by atoms with van der Waals surface area (Å²) in [6.07, 6.45) is 0. The van der Waals surface area contributed by atoms with Crippen molar-refractivity contribution < 1.29 is 9.32 Å². The van der Waals surface area contributed by atoms with Crippen molar-refractivity contribution in [3.8, 4) is 0 Å². The fourth-order valence-corrected chi connectivity index (χ4v) is 2.12. The van der Waals surface area contributed by atoms with E-state index in [1.165, 1.54) is 0 Å². The highest BCUT2D eigenvalue weighted by atomic mass is 16.5. The molecule has 0 saturated heterocycles. The van der Waals surface area contributed by atoms with Gasteiger partial charge in [-0.25, -0.2) is 9.78 Å². The number of benzene rings is 1. The first kappa shape index (κ1) is 14.8. The number of carbonyl (C=O) groups is 1. The number of rotatable bonds is 5. The predicted octanol–water partition coefficient (Wildman–Crippen LogP) is 2.76. The molecule has 7 heteroatoms. The first-order chi connectivity index (χ1) is 11.2. The Morgan fingerprint density at radius 2 is 2.00 bits per heavy atom. The summed E-state index contributed by atoms with van der Waals surface area (Å²) in [5, 5.41) is 13.3. The van der Waals surface area contributed by atoms with Gasteiger partial charge in [-0.2, -0.15) is 0 Å². The van der Waals surface area contributed by atoms with E-state index in [0.29, 0.717) is 24.7 Å². The maximum absolute atomic E-state index is 11.7. The summed E-state index contributed by atoms with van der Waals surface area (Å²) in [6, 6.07) is 13.2. The third-order valence-electron chi connectivity index (χ3n) is 3.18. The summed E-state index contributed by atoms with van der Waals surface area (Å²) >= 11 is 0. The number of urea groups is 1. The molecule has 0 aliphatic carbocycles. The standard InChI is InChI=1S/C16H17N5O2/c1-11-10-15(21-23-11)20-16(22)18-9-8-17-14-7-6-12-4-2-3-5-13(12)19-14/h2-7,10H,8-9H2,1H3,(H,17,19)(H2,18,20,21,22). The van der Waals surface area contributed by atoms with Gasteiger partial charge < -0.3 is 15.2 Å². The number of nitrogens with one attached hydrogen (secondary N) is 3. The summed E-state index contributed by atoms with van der Waals surface area (Å²) in [5.41, 5.74) is 0.935. The van der Waals surface area contributed by atoms with E-state index in [-0.39, 0.29) is 6.03 Å². The van der Waals surface area contributed by atoms with Crippen molar-refractivity contribution >= 4 is 28.6 Å². The van der Waals surface area contributed by atoms with Gasteiger partial charge >= 0.3 is 6.03 Å². The molecule has 0 fully saturated rings. The summed E-state index contributed by atoms with van der Waals surface area (Å²) in [4.78, 5) is 16.2. The van der Waals surface area contributed by atoms with Crippen molar-refractivity contribution in [3.05, 3.63) is 48.2 Å². The quantitative estimate of drug-likeness (QED) is 0.630. The highest BCUT2D eigenvalue weighted by Gasteiger charge is 2.05. The van der Waals surface area contributed by atoms with Crippen LogP contribution in [0.5, 0.6) is 0 Å². The summed E-state index contributed by atoms with van der Waals surface area (Å²) in [5.74, 6) is 1.81. The van der Waals surface area contributed by atoms with Crippen LogP contribution in [-0.4, -0.2) is 29.3 Å². The number of hydrogen-bond acceptors (Lipinski definition) is 5. The van der Waals surface area contributed by atoms with E-state index in [2.05, 4.69) is 26.1 Å². The minimum atomic E-state index is -0.327. The van der Waals surface area contributed by atoms with Crippen molar-refractivity contribution in [2.75, 3.05) is 23.7 Å². The number of nitrogens with zero attached hydrogens (tertiary/aromatic N) is 2. The molecule has 23 heavy (non-hydrogen) atoms. The zero-order chi connectivity index (χ0) is 16.1. The summed E-state index contributed by atoms with van der Waals surface area (Å²) in [7, 11) is 0. The molecule has 0 radical (unpaired) electrons. The average Bonchev–Trinajstić information content (AvgIpc) is 2.96. The molecular formula is C16H17N5O2. The molecule has 0 aliphatic heterocycles. The van der Waals surface area contributed by atoms with Crippen LogP contribution in [0.1, 0.15) is 5.76 Å². The van der Waals surface area contributed by atoms with Gasteiger partial charge in [0.1, 0.15) is 11.6 Å². The Morgan fingerprint density at radius 3 is 2.83 bits per heavy atom. The van der Waals surface area contributed by atoms with Crippen LogP contribution in [-0.2, 0) is 0 Å². The van der Waals surface area contributed by atoms with Crippen LogP contribution in [0.2, 0.25) is 0 Å². The van der Waals surface area contributed by atoms with Crippen molar-refractivity contribution in [2.24, 2.45) is 0 Å². The Bertz CT molecular complexity index is 815. The molecule has 2 amide bonds. The molecule has 2 aromatic heterocycles. The molecule has 3 rings (SSSR count). The normalized spacial score (nSPS) is 10.5. The van der Waals surface area contributed by atoms with Crippen molar-refractivity contribution in [3.63, 3.8) is 0 Å². The number of carbonyl (C=O) groups excluding carboxylic acids is 1. The Hall–Kier alpha value is -3.09. The first-order valence-electron chi connectivity index (χ1n) is 7.28. The smallest absolute Gasteiger partial charge is 0.320 e. The van der Waals surface area contributed by atoms with Crippen LogP contribution >= 0.6 is 0 Å². The van der Waals surface area contributed by atoms with Gasteiger partial charge in [-0.3, -0.25) is 5.32 Å². The molecule has 0 bridgehead atoms. The maximum atomic E-state index is 11.7. The molecule has 3 N–H and O–H groups in total. The van der Waals surface area contributed by atoms with Crippen LogP contribution in [0, 0.1) is 6.92 Å². The van der Waals surface area contributed by atoms with Gasteiger partial charge in [-0.15, -0.1) is 0 Å². The Morgan fingerprint density at radius 1 is 1.13 bits per heavy atom. The number of hydrogen-bond donors (Lipinski definition) is 3. The van der Waals surface area contributed by atoms with E-state index in [0.717, 1.165) is 16.7 Å². The highest BCUT2D eigenvalue weighted by molar-refractivity contribution is 5.88. The second-order valence-electron chi connectivity index (χ2n) is 5.02. The molecular weight excluding hydrogens is 294 g/mol. The first-order valence-corrected chi connectivity index (χ1v) is 7.28. The van der Waals surface area contributed by atoms with Gasteiger partial charge in [0, 0.05) is 24.5 Å². The molecule has 0 unspecified atom stereocenters. The minimum absolute atomic E-state index is 0.327. The number of aromatic nitrogens is 2. The van der Waals surface area contributed by atoms with E-state index in [1.54, 1.807) is 13.0 Å². The lowest BCUT2D eigenvalue weighted by molar-refractivity contribution is 0.252. The second-order valence-corrected chi connectivity index (χ2v) is 5.02. The van der Waals surface area contributed by atoms with E-state index in [4.69, 9.17) is 4.52 Å². The lowest BCUT2D eigenvalue weighted by Gasteiger charge is -2.08. The van der Waals surface area contributed by atoms with Gasteiger partial charge in [0.25, 0.3) is 0 Å². The zero-order valence-electron chi connectivity index (χ0n) is 12.7. The van der Waals surface area contributed by atoms with E-state index >= 15 is 0 Å². The second kappa shape index (κ2) is 6.78. The van der Waals surface area contributed by atoms with Crippen molar-refractivity contribution in [1.29, 1.82) is 0 Å². The van der Waals surface area contributed by atoms with Crippen LogP contribution in [0.15, 0.2) is 47.0 Å². The summed E-state index contributed by atoms with van der Waals surface area (Å²) in [6.45, 7) is 2.78. The molecule has 3 aromatic rings. The van der Waals surface area contributed by atoms with Crippen LogP contribution in [0.4, 0.5) is 16.4 Å². The van der Waals surface area contributed by atoms with E-state index < -0.39 is 0 Å². The fourth-order valence-electron chi connectivity index (χ4n) is 2.12. The van der Waals surface area contributed by atoms with Gasteiger partial charge in [-0.1, -0.05) is 23.4 Å². The molecule has 0 aliphatic rings. The SMILES string of the molecule is Cc1cc(NC(=O)NCCNc2ccc3ccccc3n2)no1. The molecule has 7 nitrogen and oxygen atoms in total. The van der Waals surface area contributed by atoms with E-state index in [1.807, 2.05) is 36.4 Å². The monoisotopic (exact) mass is 311 g/mol. The summed E-state index contributed by atoms with van der Waals surface area (Å²) < 4.78 is 4.87. The number of pyridine rings is 1. The number of fused-ring (bicyclic) bond motifs is 1. The third-order valence-corrected chi connectivity index (χ3v) is 3.18. The largest absolute Gasteiger partial charge is 0.368 e. The Labute approximate surface area is 133 Å². The molecule has 0 atom stereocenters. The number of anilines is 2. The topological polar surface area (TPSA) is 92.1 Å². The fraction of sp³-hybridized carbons (Fsp3) is 0.188. The Kier molecular flexibility index (Phi) is 4.37. The highest BCUT2D eigenvalue weighted by Crippen LogP contribution is 2.14. The number of para-hydroxylation sites is 1. The van der Waals surface area contributed by atoms with Crippen LogP contribution < -0.4 is 16.0 Å². The number of amides is 2. The lowest BCUT2D eigenvalue weighted by atomic mass is 10.2. The van der Waals surface area contributed by atoms with Crippen LogP contribution in [0.3, 0.4) is 0 Å². The molecule has 0 saturated carbocycles. The third kappa shape index (κ3) is 3.97. The van der Waals surface area contributed by atoms with E-state index in [9.17, 15) is 4.79 Å². The van der Waals surface area contributed by atoms with Gasteiger partial charge in [-0.05, 0) is 25.1 Å². The zero-order valence-corrected chi connectivity index (χ0v) is 12.7. The minimum Gasteiger partial charge on any atom is -0.368 e. The molecule has 2 heterocycles. The average molecular weight is 311 g/mol. The van der Waals surface area contributed by atoms with Gasteiger partial charge in [0.2, 0.25) is 0 Å². The maximum Gasteiger partial charge on any atom is 0.320 e. The molecule has 118 valence electrons.